The van der Waals surface area contributed by atoms with Crippen molar-refractivity contribution in [3.63, 3.8) is 0 Å². The third kappa shape index (κ3) is 1.97. The lowest BCUT2D eigenvalue weighted by Gasteiger charge is -2.03. The third-order valence-electron chi connectivity index (χ3n) is 1.76. The molecule has 7 heteroatoms. The van der Waals surface area contributed by atoms with E-state index < -0.39 is 5.97 Å². The molecule has 7 nitrogen and oxygen atoms in total. The summed E-state index contributed by atoms with van der Waals surface area (Å²) in [5.74, 6) is -0.833. The van der Waals surface area contributed by atoms with E-state index in [0.29, 0.717) is 5.75 Å². The van der Waals surface area contributed by atoms with E-state index in [1.807, 2.05) is 0 Å². The largest absolute Gasteiger partial charge is 0.476 e. The van der Waals surface area contributed by atoms with E-state index in [0.717, 1.165) is 0 Å². The fourth-order valence-corrected chi connectivity index (χ4v) is 1.11. The molecule has 0 atom stereocenters. The summed E-state index contributed by atoms with van der Waals surface area (Å²) in [5.41, 5.74) is -0.230. The number of carboxylic acid groups (broad SMARTS) is 1. The topological polar surface area (TPSA) is 90.1 Å². The van der Waals surface area contributed by atoms with Crippen LogP contribution in [0, 0.1) is 0 Å². The zero-order valence-corrected chi connectivity index (χ0v) is 8.36. The normalized spacial score (nSPS) is 10.1. The van der Waals surface area contributed by atoms with Gasteiger partial charge in [0.1, 0.15) is 0 Å². The zero-order chi connectivity index (χ0) is 11.5. The Hall–Kier alpha value is -2.44. The number of aryl methyl sites for hydroxylation is 1. The molecule has 0 radical (unpaired) electrons. The van der Waals surface area contributed by atoms with Crippen molar-refractivity contribution in [2.24, 2.45) is 7.05 Å². The molecule has 0 spiro atoms. The van der Waals surface area contributed by atoms with Crippen LogP contribution in [0.25, 0.3) is 0 Å². The molecular formula is C9H8N4O3. The molecule has 82 valence electrons. The molecule has 0 aliphatic rings. The molecule has 0 unspecified atom stereocenters. The van der Waals surface area contributed by atoms with Gasteiger partial charge in [0, 0.05) is 19.4 Å². The molecule has 2 aromatic rings. The Kier molecular flexibility index (Phi) is 2.50. The van der Waals surface area contributed by atoms with E-state index in [1.165, 1.54) is 23.3 Å². The molecule has 0 bridgehead atoms. The number of nitrogens with zero attached hydrogens (tertiary/aromatic N) is 4. The summed E-state index contributed by atoms with van der Waals surface area (Å²) in [6.07, 6.45) is 5.71. The second-order valence-electron chi connectivity index (χ2n) is 2.97. The smallest absolute Gasteiger partial charge is 0.360 e. The van der Waals surface area contributed by atoms with Gasteiger partial charge in [-0.25, -0.2) is 14.8 Å². The van der Waals surface area contributed by atoms with Crippen molar-refractivity contribution in [1.82, 2.24) is 19.7 Å². The Labute approximate surface area is 90.3 Å². The van der Waals surface area contributed by atoms with Crippen molar-refractivity contribution in [1.29, 1.82) is 0 Å². The Morgan fingerprint density at radius 1 is 1.44 bits per heavy atom. The molecule has 0 aliphatic carbocycles. The van der Waals surface area contributed by atoms with Gasteiger partial charge in [-0.05, 0) is 0 Å². The first-order chi connectivity index (χ1) is 7.66. The van der Waals surface area contributed by atoms with Gasteiger partial charge in [-0.15, -0.1) is 0 Å². The average molecular weight is 220 g/mol. The summed E-state index contributed by atoms with van der Waals surface area (Å²) < 4.78 is 6.79. The Bertz CT molecular complexity index is 523. The number of rotatable bonds is 3. The van der Waals surface area contributed by atoms with E-state index in [1.54, 1.807) is 13.2 Å². The van der Waals surface area contributed by atoms with Crippen molar-refractivity contribution >= 4 is 5.97 Å². The van der Waals surface area contributed by atoms with Gasteiger partial charge >= 0.3 is 5.97 Å². The molecule has 2 heterocycles. The summed E-state index contributed by atoms with van der Waals surface area (Å²) in [7, 11) is 1.72. The fourth-order valence-electron chi connectivity index (χ4n) is 1.11. The number of hydrogen-bond acceptors (Lipinski definition) is 5. The first-order valence-corrected chi connectivity index (χ1v) is 4.37. The highest BCUT2D eigenvalue weighted by atomic mass is 16.5. The van der Waals surface area contributed by atoms with Gasteiger partial charge in [0.15, 0.2) is 5.75 Å². The standard InChI is InChI=1S/C9H8N4O3/c1-13-5-6(4-12-13)16-8-7(9(14)15)10-2-3-11-8/h2-5H,1H3,(H,14,15). The van der Waals surface area contributed by atoms with E-state index in [2.05, 4.69) is 15.1 Å². The van der Waals surface area contributed by atoms with Crippen molar-refractivity contribution < 1.29 is 14.6 Å². The van der Waals surface area contributed by atoms with Crippen LogP contribution < -0.4 is 4.74 Å². The van der Waals surface area contributed by atoms with Crippen molar-refractivity contribution in [3.8, 4) is 11.6 Å². The second kappa shape index (κ2) is 3.97. The maximum absolute atomic E-state index is 10.8. The molecule has 16 heavy (non-hydrogen) atoms. The quantitative estimate of drug-likeness (QED) is 0.818. The van der Waals surface area contributed by atoms with Gasteiger partial charge in [0.05, 0.1) is 12.4 Å². The summed E-state index contributed by atoms with van der Waals surface area (Å²) >= 11 is 0. The second-order valence-corrected chi connectivity index (χ2v) is 2.97. The van der Waals surface area contributed by atoms with Crippen molar-refractivity contribution in [2.45, 2.75) is 0 Å². The van der Waals surface area contributed by atoms with Gasteiger partial charge in [-0.1, -0.05) is 0 Å². The highest BCUT2D eigenvalue weighted by molar-refractivity contribution is 5.87. The Morgan fingerprint density at radius 2 is 2.19 bits per heavy atom. The zero-order valence-electron chi connectivity index (χ0n) is 8.36. The molecule has 0 saturated heterocycles. The Balaban J connectivity index is 2.31. The summed E-state index contributed by atoms with van der Waals surface area (Å²) in [4.78, 5) is 18.3. The van der Waals surface area contributed by atoms with Crippen LogP contribution in [0.1, 0.15) is 10.5 Å². The number of ether oxygens (including phenoxy) is 1. The lowest BCUT2D eigenvalue weighted by molar-refractivity contribution is 0.0686. The van der Waals surface area contributed by atoms with Crippen LogP contribution in [0.5, 0.6) is 11.6 Å². The number of carbonyl (C=O) groups is 1. The number of hydrogen-bond donors (Lipinski definition) is 1. The molecule has 0 saturated carbocycles. The van der Waals surface area contributed by atoms with Crippen LogP contribution in [0.3, 0.4) is 0 Å². The summed E-state index contributed by atoms with van der Waals surface area (Å²) in [6.45, 7) is 0. The van der Waals surface area contributed by atoms with Crippen molar-refractivity contribution in [2.75, 3.05) is 0 Å². The van der Waals surface area contributed by atoms with E-state index in [-0.39, 0.29) is 11.6 Å². The first kappa shape index (κ1) is 10.1. The van der Waals surface area contributed by atoms with Crippen LogP contribution in [-0.4, -0.2) is 30.8 Å². The highest BCUT2D eigenvalue weighted by Crippen LogP contribution is 2.20. The predicted molar refractivity (Wildman–Crippen MR) is 52.3 cm³/mol. The van der Waals surface area contributed by atoms with E-state index in [9.17, 15) is 4.79 Å². The molecule has 1 N–H and O–H groups in total. The molecule has 2 aromatic heterocycles. The van der Waals surface area contributed by atoms with E-state index >= 15 is 0 Å². The molecule has 0 fully saturated rings. The monoisotopic (exact) mass is 220 g/mol. The first-order valence-electron chi connectivity index (χ1n) is 4.37. The van der Waals surface area contributed by atoms with Gasteiger partial charge in [-0.2, -0.15) is 5.10 Å². The van der Waals surface area contributed by atoms with Crippen LogP contribution >= 0.6 is 0 Å². The van der Waals surface area contributed by atoms with Crippen LogP contribution in [0.4, 0.5) is 0 Å². The molecule has 2 rings (SSSR count). The molecular weight excluding hydrogens is 212 g/mol. The van der Waals surface area contributed by atoms with Crippen LogP contribution in [0.2, 0.25) is 0 Å². The predicted octanol–water partition coefficient (Wildman–Crippen LogP) is 0.701. The van der Waals surface area contributed by atoms with Gasteiger partial charge in [0.25, 0.3) is 5.88 Å². The average Bonchev–Trinajstić information content (AvgIpc) is 2.64. The minimum absolute atomic E-state index is 0.0528. The SMILES string of the molecule is Cn1cc(Oc2nccnc2C(=O)O)cn1. The lowest BCUT2D eigenvalue weighted by Crippen LogP contribution is -2.04. The Morgan fingerprint density at radius 3 is 2.81 bits per heavy atom. The summed E-state index contributed by atoms with van der Waals surface area (Å²) in [6, 6.07) is 0. The fraction of sp³-hybridized carbons (Fsp3) is 0.111. The maximum atomic E-state index is 10.8. The van der Waals surface area contributed by atoms with Crippen molar-refractivity contribution in [3.05, 3.63) is 30.5 Å². The maximum Gasteiger partial charge on any atom is 0.360 e. The molecule has 0 aromatic carbocycles. The van der Waals surface area contributed by atoms with Crippen LogP contribution in [0.15, 0.2) is 24.8 Å². The molecule has 0 aliphatic heterocycles. The molecule has 0 amide bonds. The number of carboxylic acids is 1. The van der Waals surface area contributed by atoms with E-state index in [4.69, 9.17) is 9.84 Å². The number of aromatic nitrogens is 4. The minimum atomic E-state index is -1.19. The third-order valence-corrected chi connectivity index (χ3v) is 1.76. The highest BCUT2D eigenvalue weighted by Gasteiger charge is 2.15. The summed E-state index contributed by atoms with van der Waals surface area (Å²) in [5, 5.41) is 12.7. The van der Waals surface area contributed by atoms with Gasteiger partial charge in [0.2, 0.25) is 5.69 Å². The van der Waals surface area contributed by atoms with Crippen LogP contribution in [-0.2, 0) is 7.05 Å². The minimum Gasteiger partial charge on any atom is -0.476 e. The van der Waals surface area contributed by atoms with Gasteiger partial charge in [-0.3, -0.25) is 4.68 Å². The number of aromatic carboxylic acids is 1. The lowest BCUT2D eigenvalue weighted by atomic mass is 10.4. The van der Waals surface area contributed by atoms with Gasteiger partial charge < -0.3 is 9.84 Å².